The van der Waals surface area contributed by atoms with Crippen LogP contribution in [0.15, 0.2) is 5.38 Å². The average Bonchev–Trinajstić information content (AvgIpc) is 2.75. The van der Waals surface area contributed by atoms with E-state index in [0.29, 0.717) is 5.92 Å². The van der Waals surface area contributed by atoms with E-state index in [0.717, 1.165) is 19.4 Å². The van der Waals surface area contributed by atoms with Crippen LogP contribution >= 0.6 is 11.3 Å². The van der Waals surface area contributed by atoms with Crippen LogP contribution in [0, 0.1) is 0 Å². The Morgan fingerprint density at radius 3 is 3.18 bits per heavy atom. The molecule has 96 valence electrons. The van der Waals surface area contributed by atoms with Crippen LogP contribution in [0.4, 0.5) is 0 Å². The Balaban J connectivity index is 1.92. The highest BCUT2D eigenvalue weighted by Crippen LogP contribution is 2.27. The van der Waals surface area contributed by atoms with E-state index in [4.69, 9.17) is 10.7 Å². The molecule has 1 fully saturated rings. The summed E-state index contributed by atoms with van der Waals surface area (Å²) in [6.07, 6.45) is 4.66. The first-order chi connectivity index (χ1) is 8.15. The standard InChI is InChI=1S/C13H23N3S/c1-10(14)5-6-13-15-12(9-17-13)11-4-3-7-16(2)8-11/h9-11H,3-8,14H2,1-2H3. The van der Waals surface area contributed by atoms with E-state index in [1.165, 1.54) is 30.1 Å². The van der Waals surface area contributed by atoms with E-state index in [1.54, 1.807) is 11.3 Å². The number of hydrogen-bond donors (Lipinski definition) is 1. The van der Waals surface area contributed by atoms with Crippen LogP contribution in [-0.4, -0.2) is 36.1 Å². The van der Waals surface area contributed by atoms with Crippen LogP contribution in [0.3, 0.4) is 0 Å². The second-order valence-corrected chi connectivity index (χ2v) is 6.23. The molecule has 2 N–H and O–H groups in total. The fraction of sp³-hybridized carbons (Fsp3) is 0.769. The minimum absolute atomic E-state index is 0.281. The Hall–Kier alpha value is -0.450. The largest absolute Gasteiger partial charge is 0.328 e. The van der Waals surface area contributed by atoms with Crippen molar-refractivity contribution in [1.29, 1.82) is 0 Å². The maximum atomic E-state index is 5.78. The van der Waals surface area contributed by atoms with Gasteiger partial charge in [0.25, 0.3) is 0 Å². The second-order valence-electron chi connectivity index (χ2n) is 5.28. The minimum atomic E-state index is 0.281. The van der Waals surface area contributed by atoms with Crippen LogP contribution in [0.25, 0.3) is 0 Å². The van der Waals surface area contributed by atoms with Gasteiger partial charge in [-0.3, -0.25) is 0 Å². The van der Waals surface area contributed by atoms with Crippen molar-refractivity contribution in [1.82, 2.24) is 9.88 Å². The first-order valence-corrected chi connectivity index (χ1v) is 7.41. The van der Waals surface area contributed by atoms with Gasteiger partial charge in [0, 0.05) is 30.3 Å². The van der Waals surface area contributed by atoms with Crippen molar-refractivity contribution in [3.63, 3.8) is 0 Å². The van der Waals surface area contributed by atoms with Crippen LogP contribution in [0.5, 0.6) is 0 Å². The molecule has 1 aliphatic rings. The van der Waals surface area contributed by atoms with E-state index < -0.39 is 0 Å². The molecule has 1 aliphatic heterocycles. The molecule has 0 aliphatic carbocycles. The summed E-state index contributed by atoms with van der Waals surface area (Å²) in [4.78, 5) is 7.19. The van der Waals surface area contributed by atoms with Crippen molar-refractivity contribution in [3.8, 4) is 0 Å². The van der Waals surface area contributed by atoms with Gasteiger partial charge in [-0.25, -0.2) is 4.98 Å². The molecule has 3 nitrogen and oxygen atoms in total. The summed E-state index contributed by atoms with van der Waals surface area (Å²) in [6.45, 7) is 4.46. The minimum Gasteiger partial charge on any atom is -0.328 e. The number of hydrogen-bond acceptors (Lipinski definition) is 4. The number of rotatable bonds is 4. The van der Waals surface area contributed by atoms with Crippen LogP contribution in [-0.2, 0) is 6.42 Å². The number of likely N-dealkylation sites (N-methyl/N-ethyl adjacent to an activating group) is 1. The zero-order valence-corrected chi connectivity index (χ0v) is 11.7. The number of nitrogens with zero attached hydrogens (tertiary/aromatic N) is 2. The van der Waals surface area contributed by atoms with Gasteiger partial charge in [-0.15, -0.1) is 11.3 Å². The van der Waals surface area contributed by atoms with Gasteiger partial charge >= 0.3 is 0 Å². The Labute approximate surface area is 108 Å². The lowest BCUT2D eigenvalue weighted by Gasteiger charge is -2.28. The number of likely N-dealkylation sites (tertiary alicyclic amines) is 1. The summed E-state index contributed by atoms with van der Waals surface area (Å²) in [5.41, 5.74) is 7.08. The Kier molecular flexibility index (Phi) is 4.54. The molecular weight excluding hydrogens is 230 g/mol. The summed E-state index contributed by atoms with van der Waals surface area (Å²) >= 11 is 1.80. The van der Waals surface area contributed by atoms with Gasteiger partial charge in [-0.05, 0) is 39.8 Å². The first kappa shape index (κ1) is 13.0. The number of thiazole rings is 1. The third-order valence-corrected chi connectivity index (χ3v) is 4.35. The molecule has 0 radical (unpaired) electrons. The zero-order valence-electron chi connectivity index (χ0n) is 10.9. The van der Waals surface area contributed by atoms with Gasteiger partial charge in [0.15, 0.2) is 0 Å². The number of nitrogens with two attached hydrogens (primary N) is 1. The molecule has 2 heterocycles. The Morgan fingerprint density at radius 2 is 2.47 bits per heavy atom. The highest BCUT2D eigenvalue weighted by molar-refractivity contribution is 7.09. The summed E-state index contributed by atoms with van der Waals surface area (Å²) in [7, 11) is 2.20. The van der Waals surface area contributed by atoms with Gasteiger partial charge in [0.2, 0.25) is 0 Å². The summed E-state index contributed by atoms with van der Waals surface area (Å²) < 4.78 is 0. The van der Waals surface area contributed by atoms with E-state index in [9.17, 15) is 0 Å². The normalized spacial score (nSPS) is 23.8. The van der Waals surface area contributed by atoms with Crippen molar-refractivity contribution in [2.24, 2.45) is 5.73 Å². The van der Waals surface area contributed by atoms with Crippen LogP contribution in [0.2, 0.25) is 0 Å². The third kappa shape index (κ3) is 3.76. The lowest BCUT2D eigenvalue weighted by Crippen LogP contribution is -2.30. The predicted octanol–water partition coefficient (Wildman–Crippen LogP) is 2.23. The molecule has 2 rings (SSSR count). The van der Waals surface area contributed by atoms with Gasteiger partial charge < -0.3 is 10.6 Å². The molecule has 0 saturated carbocycles. The molecule has 0 spiro atoms. The maximum absolute atomic E-state index is 5.78. The lowest BCUT2D eigenvalue weighted by atomic mass is 9.96. The number of aryl methyl sites for hydroxylation is 1. The molecule has 4 heteroatoms. The van der Waals surface area contributed by atoms with Crippen LogP contribution < -0.4 is 5.73 Å². The van der Waals surface area contributed by atoms with Crippen molar-refractivity contribution in [2.45, 2.75) is 44.6 Å². The van der Waals surface area contributed by atoms with Crippen LogP contribution in [0.1, 0.15) is 42.8 Å². The second kappa shape index (κ2) is 5.94. The predicted molar refractivity (Wildman–Crippen MR) is 73.6 cm³/mol. The summed E-state index contributed by atoms with van der Waals surface area (Å²) in [6, 6.07) is 0.281. The highest BCUT2D eigenvalue weighted by Gasteiger charge is 2.21. The molecule has 17 heavy (non-hydrogen) atoms. The quantitative estimate of drug-likeness (QED) is 0.895. The fourth-order valence-electron chi connectivity index (χ4n) is 2.39. The molecule has 1 aromatic heterocycles. The Morgan fingerprint density at radius 1 is 1.65 bits per heavy atom. The summed E-state index contributed by atoms with van der Waals surface area (Å²) in [5, 5.41) is 3.51. The average molecular weight is 253 g/mol. The monoisotopic (exact) mass is 253 g/mol. The zero-order chi connectivity index (χ0) is 12.3. The van der Waals surface area contributed by atoms with E-state index in [1.807, 2.05) is 0 Å². The molecule has 0 aromatic carbocycles. The molecule has 1 aromatic rings. The molecule has 1 saturated heterocycles. The molecule has 0 bridgehead atoms. The van der Waals surface area contributed by atoms with Gasteiger partial charge in [0.1, 0.15) is 0 Å². The van der Waals surface area contributed by atoms with Gasteiger partial charge in [-0.1, -0.05) is 0 Å². The molecule has 0 amide bonds. The summed E-state index contributed by atoms with van der Waals surface area (Å²) in [5.74, 6) is 0.647. The Bertz CT molecular complexity index is 348. The molecule has 2 unspecified atom stereocenters. The van der Waals surface area contributed by atoms with E-state index >= 15 is 0 Å². The van der Waals surface area contributed by atoms with Crippen molar-refractivity contribution in [3.05, 3.63) is 16.1 Å². The van der Waals surface area contributed by atoms with Crippen molar-refractivity contribution in [2.75, 3.05) is 20.1 Å². The van der Waals surface area contributed by atoms with E-state index in [-0.39, 0.29) is 6.04 Å². The number of aromatic nitrogens is 1. The van der Waals surface area contributed by atoms with Gasteiger partial charge in [0.05, 0.1) is 10.7 Å². The number of piperidine rings is 1. The smallest absolute Gasteiger partial charge is 0.0928 e. The highest BCUT2D eigenvalue weighted by atomic mass is 32.1. The third-order valence-electron chi connectivity index (χ3n) is 3.43. The van der Waals surface area contributed by atoms with Gasteiger partial charge in [-0.2, -0.15) is 0 Å². The fourth-order valence-corrected chi connectivity index (χ4v) is 3.28. The first-order valence-electron chi connectivity index (χ1n) is 6.53. The lowest BCUT2D eigenvalue weighted by molar-refractivity contribution is 0.249. The van der Waals surface area contributed by atoms with E-state index in [2.05, 4.69) is 24.3 Å². The van der Waals surface area contributed by atoms with Crippen molar-refractivity contribution < 1.29 is 0 Å². The SMILES string of the molecule is CC(N)CCc1nc(C2CCCN(C)C2)cs1. The molecular formula is C13H23N3S. The molecule has 2 atom stereocenters. The topological polar surface area (TPSA) is 42.1 Å². The maximum Gasteiger partial charge on any atom is 0.0928 e. The van der Waals surface area contributed by atoms with Crippen molar-refractivity contribution >= 4 is 11.3 Å².